The first-order valence-electron chi connectivity index (χ1n) is 7.39. The van der Waals surface area contributed by atoms with E-state index in [9.17, 15) is 4.79 Å². The fourth-order valence-electron chi connectivity index (χ4n) is 1.90. The van der Waals surface area contributed by atoms with Crippen LogP contribution in [-0.4, -0.2) is 31.7 Å². The molecule has 0 spiro atoms. The molecule has 0 bridgehead atoms. The molecule has 18 heavy (non-hydrogen) atoms. The van der Waals surface area contributed by atoms with Gasteiger partial charge >= 0.3 is 0 Å². The summed E-state index contributed by atoms with van der Waals surface area (Å²) in [4.78, 5) is 10.9. The van der Waals surface area contributed by atoms with Gasteiger partial charge in [-0.2, -0.15) is 0 Å². The Balaban J connectivity index is 3.53. The minimum atomic E-state index is 0.250. The third-order valence-electron chi connectivity index (χ3n) is 2.93. The molecule has 3 nitrogen and oxygen atoms in total. The number of ether oxygens (including phenoxy) is 2. The fourth-order valence-corrected chi connectivity index (χ4v) is 1.90. The molecule has 0 aromatic heterocycles. The van der Waals surface area contributed by atoms with Gasteiger partial charge in [-0.15, -0.1) is 0 Å². The van der Waals surface area contributed by atoms with Crippen LogP contribution in [0.25, 0.3) is 0 Å². The zero-order valence-corrected chi connectivity index (χ0v) is 12.4. The molecule has 0 aromatic carbocycles. The van der Waals surface area contributed by atoms with Gasteiger partial charge in [-0.1, -0.05) is 19.8 Å². The maximum Gasteiger partial charge on any atom is 0.129 e. The number of hydrogen-bond acceptors (Lipinski definition) is 3. The van der Waals surface area contributed by atoms with E-state index in [0.29, 0.717) is 6.42 Å². The predicted molar refractivity (Wildman–Crippen MR) is 74.9 cm³/mol. The van der Waals surface area contributed by atoms with Gasteiger partial charge in [0.2, 0.25) is 0 Å². The molecule has 0 aromatic rings. The van der Waals surface area contributed by atoms with E-state index in [1.165, 1.54) is 12.8 Å². The molecule has 0 amide bonds. The summed E-state index contributed by atoms with van der Waals surface area (Å²) in [7, 11) is 0. The monoisotopic (exact) mass is 258 g/mol. The highest BCUT2D eigenvalue weighted by molar-refractivity contribution is 5.75. The van der Waals surface area contributed by atoms with Crippen molar-refractivity contribution in [1.29, 1.82) is 0 Å². The molecule has 0 radical (unpaired) electrons. The van der Waals surface area contributed by atoms with Crippen molar-refractivity contribution in [2.45, 2.75) is 71.8 Å². The first-order chi connectivity index (χ1) is 8.70. The van der Waals surface area contributed by atoms with Crippen molar-refractivity contribution < 1.29 is 14.3 Å². The standard InChI is InChI=1S/C15H30O3/c1-4-6-7-12-17-13-11-15(18-5-2)10-8-9-14(3)16/h15H,4-13H2,1-3H3. The van der Waals surface area contributed by atoms with Crippen LogP contribution >= 0.6 is 0 Å². The first kappa shape index (κ1) is 17.6. The van der Waals surface area contributed by atoms with Gasteiger partial charge in [0, 0.05) is 26.2 Å². The molecular weight excluding hydrogens is 228 g/mol. The van der Waals surface area contributed by atoms with Gasteiger partial charge < -0.3 is 14.3 Å². The molecule has 0 heterocycles. The molecule has 0 N–H and O–H groups in total. The minimum Gasteiger partial charge on any atom is -0.381 e. The number of hydrogen-bond donors (Lipinski definition) is 0. The van der Waals surface area contributed by atoms with Gasteiger partial charge in [-0.25, -0.2) is 0 Å². The van der Waals surface area contributed by atoms with Crippen molar-refractivity contribution in [3.05, 3.63) is 0 Å². The minimum absolute atomic E-state index is 0.250. The molecule has 1 unspecified atom stereocenters. The predicted octanol–water partition coefficient (Wildman–Crippen LogP) is 3.75. The van der Waals surface area contributed by atoms with Crippen molar-refractivity contribution in [3.8, 4) is 0 Å². The number of rotatable bonds is 13. The Kier molecular flexibility index (Phi) is 12.7. The maximum atomic E-state index is 10.9. The molecule has 0 saturated heterocycles. The summed E-state index contributed by atoms with van der Waals surface area (Å²) in [5, 5.41) is 0. The Hall–Kier alpha value is -0.410. The van der Waals surface area contributed by atoms with Crippen LogP contribution in [0.1, 0.15) is 65.7 Å². The summed E-state index contributed by atoms with van der Waals surface area (Å²) >= 11 is 0. The summed E-state index contributed by atoms with van der Waals surface area (Å²) in [5.41, 5.74) is 0. The third kappa shape index (κ3) is 12.1. The second kappa shape index (κ2) is 13.0. The van der Waals surface area contributed by atoms with Gasteiger partial charge in [-0.05, 0) is 39.5 Å². The van der Waals surface area contributed by atoms with Crippen LogP contribution in [0.5, 0.6) is 0 Å². The highest BCUT2D eigenvalue weighted by Crippen LogP contribution is 2.10. The summed E-state index contributed by atoms with van der Waals surface area (Å²) in [6.45, 7) is 8.22. The summed E-state index contributed by atoms with van der Waals surface area (Å²) < 4.78 is 11.3. The van der Waals surface area contributed by atoms with Crippen molar-refractivity contribution in [1.82, 2.24) is 0 Å². The second-order valence-electron chi connectivity index (χ2n) is 4.78. The van der Waals surface area contributed by atoms with E-state index >= 15 is 0 Å². The van der Waals surface area contributed by atoms with E-state index in [2.05, 4.69) is 6.92 Å². The average Bonchev–Trinajstić information content (AvgIpc) is 2.33. The number of unbranched alkanes of at least 4 members (excludes halogenated alkanes) is 2. The Labute approximate surface area is 112 Å². The molecule has 3 heteroatoms. The van der Waals surface area contributed by atoms with E-state index < -0.39 is 0 Å². The summed E-state index contributed by atoms with van der Waals surface area (Å²) in [6, 6.07) is 0. The van der Waals surface area contributed by atoms with Crippen molar-refractivity contribution in [3.63, 3.8) is 0 Å². The summed E-state index contributed by atoms with van der Waals surface area (Å²) in [6.07, 6.45) is 7.38. The molecular formula is C15H30O3. The Morgan fingerprint density at radius 3 is 2.44 bits per heavy atom. The molecule has 0 aliphatic heterocycles. The normalized spacial score (nSPS) is 12.6. The first-order valence-corrected chi connectivity index (χ1v) is 7.39. The smallest absolute Gasteiger partial charge is 0.129 e. The van der Waals surface area contributed by atoms with E-state index in [4.69, 9.17) is 9.47 Å². The van der Waals surface area contributed by atoms with Crippen LogP contribution in [0.4, 0.5) is 0 Å². The van der Waals surface area contributed by atoms with Crippen LogP contribution in [0.15, 0.2) is 0 Å². The van der Waals surface area contributed by atoms with Crippen LogP contribution in [0.3, 0.4) is 0 Å². The third-order valence-corrected chi connectivity index (χ3v) is 2.93. The molecule has 0 rings (SSSR count). The highest BCUT2D eigenvalue weighted by atomic mass is 16.5. The lowest BCUT2D eigenvalue weighted by atomic mass is 10.1. The number of carbonyl (C=O) groups is 1. The Morgan fingerprint density at radius 1 is 1.06 bits per heavy atom. The van der Waals surface area contributed by atoms with Crippen molar-refractivity contribution >= 4 is 5.78 Å². The zero-order valence-electron chi connectivity index (χ0n) is 12.4. The highest BCUT2D eigenvalue weighted by Gasteiger charge is 2.08. The number of carbonyl (C=O) groups excluding carboxylic acids is 1. The lowest BCUT2D eigenvalue weighted by molar-refractivity contribution is -0.117. The lowest BCUT2D eigenvalue weighted by Gasteiger charge is -2.16. The van der Waals surface area contributed by atoms with E-state index in [1.54, 1.807) is 6.92 Å². The largest absolute Gasteiger partial charge is 0.381 e. The van der Waals surface area contributed by atoms with Crippen molar-refractivity contribution in [2.24, 2.45) is 0 Å². The zero-order chi connectivity index (χ0) is 13.6. The summed E-state index contributed by atoms with van der Waals surface area (Å²) in [5.74, 6) is 0.265. The number of Topliss-reactive ketones (excluding diaryl/α,β-unsaturated/α-hetero) is 1. The van der Waals surface area contributed by atoms with Gasteiger partial charge in [0.15, 0.2) is 0 Å². The molecule has 0 aliphatic carbocycles. The second-order valence-corrected chi connectivity index (χ2v) is 4.78. The van der Waals surface area contributed by atoms with Crippen molar-refractivity contribution in [2.75, 3.05) is 19.8 Å². The Morgan fingerprint density at radius 2 is 1.83 bits per heavy atom. The van der Waals surface area contributed by atoms with E-state index in [-0.39, 0.29) is 11.9 Å². The quantitative estimate of drug-likeness (QED) is 0.472. The van der Waals surface area contributed by atoms with E-state index in [1.807, 2.05) is 6.92 Å². The topological polar surface area (TPSA) is 35.5 Å². The van der Waals surface area contributed by atoms with Crippen LogP contribution in [0, 0.1) is 0 Å². The van der Waals surface area contributed by atoms with Crippen LogP contribution in [0.2, 0.25) is 0 Å². The van der Waals surface area contributed by atoms with Gasteiger partial charge in [0.25, 0.3) is 0 Å². The van der Waals surface area contributed by atoms with Crippen LogP contribution in [-0.2, 0) is 14.3 Å². The fraction of sp³-hybridized carbons (Fsp3) is 0.933. The number of ketones is 1. The molecule has 0 aliphatic rings. The molecule has 1 atom stereocenters. The Bertz CT molecular complexity index is 192. The SMILES string of the molecule is CCCCCOCCC(CCCC(C)=O)OCC. The van der Waals surface area contributed by atoms with Crippen LogP contribution < -0.4 is 0 Å². The molecule has 0 fully saturated rings. The van der Waals surface area contributed by atoms with E-state index in [0.717, 1.165) is 45.5 Å². The van der Waals surface area contributed by atoms with Gasteiger partial charge in [-0.3, -0.25) is 0 Å². The van der Waals surface area contributed by atoms with Gasteiger partial charge in [0.05, 0.1) is 6.10 Å². The maximum absolute atomic E-state index is 10.9. The molecule has 108 valence electrons. The lowest BCUT2D eigenvalue weighted by Crippen LogP contribution is -2.16. The van der Waals surface area contributed by atoms with Gasteiger partial charge in [0.1, 0.15) is 5.78 Å². The average molecular weight is 258 g/mol. The molecule has 0 saturated carbocycles.